The summed E-state index contributed by atoms with van der Waals surface area (Å²) in [5.41, 5.74) is 1.84. The number of benzene rings is 2. The Morgan fingerprint density at radius 3 is 2.31 bits per heavy atom. The molecule has 35 heavy (non-hydrogen) atoms. The Morgan fingerprint density at radius 1 is 1.03 bits per heavy atom. The topological polar surface area (TPSA) is 108 Å². The van der Waals surface area contributed by atoms with Gasteiger partial charge in [-0.2, -0.15) is 0 Å². The fraction of sp³-hybridized carbons (Fsp3) is 0.280. The van der Waals surface area contributed by atoms with E-state index < -0.39 is 23.9 Å². The van der Waals surface area contributed by atoms with Gasteiger partial charge in [0.1, 0.15) is 5.82 Å². The van der Waals surface area contributed by atoms with Crippen molar-refractivity contribution in [3.05, 3.63) is 82.8 Å². The Hall–Kier alpha value is -4.05. The van der Waals surface area contributed by atoms with Gasteiger partial charge < -0.3 is 15.4 Å². The summed E-state index contributed by atoms with van der Waals surface area (Å²) in [7, 11) is 1.21. The van der Waals surface area contributed by atoms with Crippen LogP contribution in [-0.2, 0) is 25.5 Å². The highest BCUT2D eigenvalue weighted by Gasteiger charge is 2.36. The second-order valence-electron chi connectivity index (χ2n) is 8.29. The average molecular weight is 480 g/mol. The minimum atomic E-state index is -0.884. The quantitative estimate of drug-likeness (QED) is 0.460. The molecule has 2 aromatic carbocycles. The second-order valence-corrected chi connectivity index (χ2v) is 8.29. The molecule has 1 fully saturated rings. The van der Waals surface area contributed by atoms with Crippen molar-refractivity contribution < 1.29 is 28.3 Å². The molecule has 2 aliphatic rings. The normalized spacial score (nSPS) is 18.9. The summed E-state index contributed by atoms with van der Waals surface area (Å²) in [5, 5.41) is 5.25. The Morgan fingerprint density at radius 2 is 1.69 bits per heavy atom. The number of rotatable bonds is 7. The first kappa shape index (κ1) is 24.1. The summed E-state index contributed by atoms with van der Waals surface area (Å²) >= 11 is 0. The predicted molar refractivity (Wildman–Crippen MR) is 123 cm³/mol. The van der Waals surface area contributed by atoms with Crippen LogP contribution in [-0.4, -0.2) is 66.9 Å². The number of esters is 1. The fourth-order valence-electron chi connectivity index (χ4n) is 4.22. The van der Waals surface area contributed by atoms with Gasteiger partial charge in [0.05, 0.1) is 31.8 Å². The zero-order chi connectivity index (χ0) is 24.9. The number of nitrogens with zero attached hydrogens (tertiary/aromatic N) is 2. The van der Waals surface area contributed by atoms with Gasteiger partial charge in [0.25, 0.3) is 0 Å². The van der Waals surface area contributed by atoms with Crippen molar-refractivity contribution in [1.82, 2.24) is 20.4 Å². The van der Waals surface area contributed by atoms with Gasteiger partial charge in [0, 0.05) is 18.8 Å². The van der Waals surface area contributed by atoms with Crippen LogP contribution in [0.3, 0.4) is 0 Å². The summed E-state index contributed by atoms with van der Waals surface area (Å²) in [6.45, 7) is 0.143. The molecule has 0 bridgehead atoms. The largest absolute Gasteiger partial charge is 0.466 e. The maximum absolute atomic E-state index is 13.4. The highest BCUT2D eigenvalue weighted by Crippen LogP contribution is 2.28. The number of ether oxygens (including phenoxy) is 1. The van der Waals surface area contributed by atoms with E-state index in [2.05, 4.69) is 10.6 Å². The zero-order valence-corrected chi connectivity index (χ0v) is 19.1. The molecular weight excluding hydrogens is 455 g/mol. The monoisotopic (exact) mass is 480 g/mol. The van der Waals surface area contributed by atoms with E-state index in [1.165, 1.54) is 36.3 Å². The van der Waals surface area contributed by atoms with Crippen molar-refractivity contribution in [2.45, 2.75) is 12.5 Å². The number of hydrogen-bond acceptors (Lipinski definition) is 6. The van der Waals surface area contributed by atoms with Crippen LogP contribution in [0.25, 0.3) is 0 Å². The standard InChI is InChI=1S/C25H25FN4O5/c1-35-24(33)22-19(27-25(34)28-23(22)17-7-9-18(26)10-8-17)13-29-14-20(31)30(21(32)15-29)12-11-16-5-3-2-4-6-16/h2-10,23H,11-15H2,1H3,(H2,27,28,34). The number of amides is 4. The van der Waals surface area contributed by atoms with Crippen LogP contribution < -0.4 is 10.6 Å². The minimum Gasteiger partial charge on any atom is -0.466 e. The Balaban J connectivity index is 1.52. The van der Waals surface area contributed by atoms with Gasteiger partial charge in [-0.05, 0) is 29.7 Å². The first-order valence-electron chi connectivity index (χ1n) is 11.1. The lowest BCUT2D eigenvalue weighted by Gasteiger charge is -2.35. The Labute approximate surface area is 201 Å². The SMILES string of the molecule is COC(=O)C1=C(CN2CC(=O)N(CCc3ccccc3)C(=O)C2)NC(=O)NC1c1ccc(F)cc1. The number of hydrogen-bond donors (Lipinski definition) is 2. The second kappa shape index (κ2) is 10.5. The van der Waals surface area contributed by atoms with Crippen LogP contribution in [0, 0.1) is 5.82 Å². The van der Waals surface area contributed by atoms with Crippen molar-refractivity contribution in [1.29, 1.82) is 0 Å². The third kappa shape index (κ3) is 5.55. The maximum atomic E-state index is 13.4. The number of methoxy groups -OCH3 is 1. The van der Waals surface area contributed by atoms with Gasteiger partial charge in [-0.15, -0.1) is 0 Å². The van der Waals surface area contributed by atoms with Crippen molar-refractivity contribution in [3.63, 3.8) is 0 Å². The molecule has 0 radical (unpaired) electrons. The maximum Gasteiger partial charge on any atom is 0.338 e. The molecular formula is C25H25FN4O5. The minimum absolute atomic E-state index is 0.0282. The predicted octanol–water partition coefficient (Wildman–Crippen LogP) is 1.52. The number of halogens is 1. The Bertz CT molecular complexity index is 1150. The van der Waals surface area contributed by atoms with E-state index in [0.717, 1.165) is 5.56 Å². The molecule has 10 heteroatoms. The first-order chi connectivity index (χ1) is 16.9. The van der Waals surface area contributed by atoms with Gasteiger partial charge in [-0.25, -0.2) is 14.0 Å². The van der Waals surface area contributed by atoms with E-state index in [1.54, 1.807) is 4.90 Å². The van der Waals surface area contributed by atoms with Crippen molar-refractivity contribution >= 4 is 23.8 Å². The molecule has 1 unspecified atom stereocenters. The van der Waals surface area contributed by atoms with Crippen LogP contribution in [0.5, 0.6) is 0 Å². The smallest absolute Gasteiger partial charge is 0.338 e. The number of piperazine rings is 1. The van der Waals surface area contributed by atoms with Crippen LogP contribution >= 0.6 is 0 Å². The lowest BCUT2D eigenvalue weighted by atomic mass is 9.95. The molecule has 2 N–H and O–H groups in total. The molecule has 2 heterocycles. The summed E-state index contributed by atoms with van der Waals surface area (Å²) in [6, 6.07) is 13.5. The van der Waals surface area contributed by atoms with Crippen molar-refractivity contribution in [2.75, 3.05) is 33.3 Å². The molecule has 9 nitrogen and oxygen atoms in total. The average Bonchev–Trinajstić information content (AvgIpc) is 2.84. The molecule has 1 atom stereocenters. The third-order valence-electron chi connectivity index (χ3n) is 5.93. The van der Waals surface area contributed by atoms with E-state index in [4.69, 9.17) is 4.74 Å². The lowest BCUT2D eigenvalue weighted by molar-refractivity contribution is -0.151. The molecule has 2 aliphatic heterocycles. The van der Waals surface area contributed by atoms with E-state index in [1.807, 2.05) is 30.3 Å². The molecule has 0 spiro atoms. The van der Waals surface area contributed by atoms with Gasteiger partial charge in [0.15, 0.2) is 0 Å². The summed E-state index contributed by atoms with van der Waals surface area (Å²) in [6.07, 6.45) is 0.553. The number of nitrogens with one attached hydrogen (secondary N) is 2. The van der Waals surface area contributed by atoms with Gasteiger partial charge in [0.2, 0.25) is 11.8 Å². The zero-order valence-electron chi connectivity index (χ0n) is 19.1. The Kier molecular flexibility index (Phi) is 7.21. The number of urea groups is 1. The highest BCUT2D eigenvalue weighted by atomic mass is 19.1. The summed E-state index contributed by atoms with van der Waals surface area (Å²) < 4.78 is 18.3. The van der Waals surface area contributed by atoms with Crippen LogP contribution in [0.1, 0.15) is 17.2 Å². The molecule has 0 aromatic heterocycles. The number of carbonyl (C=O) groups excluding carboxylic acids is 4. The van der Waals surface area contributed by atoms with E-state index >= 15 is 0 Å². The number of carbonyl (C=O) groups is 4. The molecule has 1 saturated heterocycles. The first-order valence-corrected chi connectivity index (χ1v) is 11.1. The molecule has 0 aliphatic carbocycles. The lowest BCUT2D eigenvalue weighted by Crippen LogP contribution is -2.56. The summed E-state index contributed by atoms with van der Waals surface area (Å²) in [4.78, 5) is 53.4. The van der Waals surface area contributed by atoms with E-state index in [0.29, 0.717) is 12.0 Å². The number of imide groups is 1. The molecule has 2 aromatic rings. The molecule has 4 amide bonds. The summed E-state index contributed by atoms with van der Waals surface area (Å²) in [5.74, 6) is -1.86. The van der Waals surface area contributed by atoms with Gasteiger partial charge in [-0.1, -0.05) is 42.5 Å². The third-order valence-corrected chi connectivity index (χ3v) is 5.93. The van der Waals surface area contributed by atoms with Crippen LogP contribution in [0.2, 0.25) is 0 Å². The van der Waals surface area contributed by atoms with Crippen LogP contribution in [0.4, 0.5) is 9.18 Å². The highest BCUT2D eigenvalue weighted by molar-refractivity contribution is 5.99. The molecule has 4 rings (SSSR count). The van der Waals surface area contributed by atoms with Crippen molar-refractivity contribution in [2.24, 2.45) is 0 Å². The van der Waals surface area contributed by atoms with Crippen LogP contribution in [0.15, 0.2) is 65.9 Å². The molecule has 0 saturated carbocycles. The van der Waals surface area contributed by atoms with E-state index in [-0.39, 0.29) is 49.3 Å². The van der Waals surface area contributed by atoms with Gasteiger partial charge >= 0.3 is 12.0 Å². The van der Waals surface area contributed by atoms with Crippen molar-refractivity contribution in [3.8, 4) is 0 Å². The van der Waals surface area contributed by atoms with E-state index in [9.17, 15) is 23.6 Å². The fourth-order valence-corrected chi connectivity index (χ4v) is 4.22. The molecule has 182 valence electrons. The van der Waals surface area contributed by atoms with Gasteiger partial charge in [-0.3, -0.25) is 19.4 Å².